The SMILES string of the molecule is c1ccc(OCCCNC2CCOC3(CCSC3)C2)cc1. The van der Waals surface area contributed by atoms with Crippen LogP contribution >= 0.6 is 11.8 Å². The van der Waals surface area contributed by atoms with Gasteiger partial charge in [-0.15, -0.1) is 0 Å². The summed E-state index contributed by atoms with van der Waals surface area (Å²) in [5, 5.41) is 3.69. The third kappa shape index (κ3) is 4.38. The van der Waals surface area contributed by atoms with Gasteiger partial charge in [-0.2, -0.15) is 11.8 Å². The van der Waals surface area contributed by atoms with E-state index in [0.29, 0.717) is 6.04 Å². The number of ether oxygens (including phenoxy) is 2. The third-order valence-corrected chi connectivity index (χ3v) is 5.55. The van der Waals surface area contributed by atoms with Gasteiger partial charge in [-0.25, -0.2) is 0 Å². The smallest absolute Gasteiger partial charge is 0.119 e. The van der Waals surface area contributed by atoms with Crippen LogP contribution in [0.1, 0.15) is 25.7 Å². The highest BCUT2D eigenvalue weighted by atomic mass is 32.2. The van der Waals surface area contributed by atoms with Gasteiger partial charge in [0.1, 0.15) is 5.75 Å². The average Bonchev–Trinajstić information content (AvgIpc) is 2.96. The summed E-state index contributed by atoms with van der Waals surface area (Å²) in [6, 6.07) is 10.7. The molecule has 116 valence electrons. The first-order valence-electron chi connectivity index (χ1n) is 7.99. The Balaban J connectivity index is 1.32. The van der Waals surface area contributed by atoms with Crippen LogP contribution in [0.4, 0.5) is 0 Å². The Bertz CT molecular complexity index is 420. The van der Waals surface area contributed by atoms with Crippen molar-refractivity contribution in [2.45, 2.75) is 37.3 Å². The van der Waals surface area contributed by atoms with Crippen LogP contribution < -0.4 is 10.1 Å². The predicted octanol–water partition coefficient (Wildman–Crippen LogP) is 3.10. The Morgan fingerprint density at radius 1 is 1.33 bits per heavy atom. The van der Waals surface area contributed by atoms with Gasteiger partial charge in [-0.05, 0) is 50.1 Å². The predicted molar refractivity (Wildman–Crippen MR) is 88.2 cm³/mol. The Morgan fingerprint density at radius 2 is 2.24 bits per heavy atom. The highest BCUT2D eigenvalue weighted by Gasteiger charge is 2.40. The summed E-state index contributed by atoms with van der Waals surface area (Å²) in [5.41, 5.74) is 0.182. The fourth-order valence-electron chi connectivity index (χ4n) is 3.15. The largest absolute Gasteiger partial charge is 0.494 e. The second-order valence-corrected chi connectivity index (χ2v) is 7.10. The molecule has 1 aromatic carbocycles. The maximum atomic E-state index is 6.06. The zero-order chi connectivity index (χ0) is 14.4. The molecule has 21 heavy (non-hydrogen) atoms. The van der Waals surface area contributed by atoms with E-state index in [-0.39, 0.29) is 5.60 Å². The highest BCUT2D eigenvalue weighted by molar-refractivity contribution is 7.99. The molecular weight excluding hydrogens is 282 g/mol. The molecule has 1 N–H and O–H groups in total. The molecule has 2 fully saturated rings. The monoisotopic (exact) mass is 307 g/mol. The molecular formula is C17H25NO2S. The number of hydrogen-bond acceptors (Lipinski definition) is 4. The minimum Gasteiger partial charge on any atom is -0.494 e. The average molecular weight is 307 g/mol. The maximum Gasteiger partial charge on any atom is 0.119 e. The Hall–Kier alpha value is -0.710. The Labute approximate surface area is 131 Å². The van der Waals surface area contributed by atoms with Crippen LogP contribution in [0, 0.1) is 0 Å². The van der Waals surface area contributed by atoms with Gasteiger partial charge in [0.2, 0.25) is 0 Å². The lowest BCUT2D eigenvalue weighted by atomic mass is 9.90. The summed E-state index contributed by atoms with van der Waals surface area (Å²) in [7, 11) is 0. The molecule has 3 rings (SSSR count). The van der Waals surface area contributed by atoms with E-state index in [1.54, 1.807) is 0 Å². The van der Waals surface area contributed by atoms with Crippen molar-refractivity contribution in [1.82, 2.24) is 5.32 Å². The van der Waals surface area contributed by atoms with Crippen molar-refractivity contribution < 1.29 is 9.47 Å². The van der Waals surface area contributed by atoms with E-state index in [1.807, 2.05) is 42.1 Å². The number of benzene rings is 1. The van der Waals surface area contributed by atoms with Crippen molar-refractivity contribution in [3.63, 3.8) is 0 Å². The lowest BCUT2D eigenvalue weighted by Crippen LogP contribution is -2.47. The quantitative estimate of drug-likeness (QED) is 0.818. The Kier molecular flexibility index (Phi) is 5.44. The number of thioether (sulfide) groups is 1. The summed E-state index contributed by atoms with van der Waals surface area (Å²) in [6.07, 6.45) is 4.60. The summed E-state index contributed by atoms with van der Waals surface area (Å²) in [6.45, 7) is 2.72. The van der Waals surface area contributed by atoms with Crippen LogP contribution in [0.15, 0.2) is 30.3 Å². The molecule has 0 aliphatic carbocycles. The van der Waals surface area contributed by atoms with Crippen LogP contribution in [-0.4, -0.2) is 42.9 Å². The fourth-order valence-corrected chi connectivity index (χ4v) is 4.53. The normalized spacial score (nSPS) is 28.9. The minimum absolute atomic E-state index is 0.182. The van der Waals surface area contributed by atoms with Crippen LogP contribution in [0.5, 0.6) is 5.75 Å². The topological polar surface area (TPSA) is 30.5 Å². The van der Waals surface area contributed by atoms with Crippen molar-refractivity contribution in [2.24, 2.45) is 0 Å². The maximum absolute atomic E-state index is 6.06. The second kappa shape index (κ2) is 7.52. The molecule has 2 heterocycles. The molecule has 2 aliphatic heterocycles. The number of para-hydroxylation sites is 1. The Morgan fingerprint density at radius 3 is 3.05 bits per heavy atom. The number of nitrogens with one attached hydrogen (secondary N) is 1. The molecule has 3 nitrogen and oxygen atoms in total. The lowest BCUT2D eigenvalue weighted by molar-refractivity contribution is -0.0700. The van der Waals surface area contributed by atoms with Gasteiger partial charge in [0.25, 0.3) is 0 Å². The third-order valence-electron chi connectivity index (χ3n) is 4.33. The van der Waals surface area contributed by atoms with Gasteiger partial charge >= 0.3 is 0 Å². The first kappa shape index (κ1) is 15.2. The van der Waals surface area contributed by atoms with Crippen molar-refractivity contribution in [3.8, 4) is 5.75 Å². The number of hydrogen-bond donors (Lipinski definition) is 1. The van der Waals surface area contributed by atoms with Gasteiger partial charge in [-0.3, -0.25) is 0 Å². The standard InChI is InChI=1S/C17H25NO2S/c1-2-5-16(6-3-1)19-10-4-9-18-15-7-11-20-17(13-15)8-12-21-14-17/h1-3,5-6,15,18H,4,7-14H2. The van der Waals surface area contributed by atoms with Gasteiger partial charge in [-0.1, -0.05) is 18.2 Å². The molecule has 0 saturated carbocycles. The highest BCUT2D eigenvalue weighted by Crippen LogP contribution is 2.38. The van der Waals surface area contributed by atoms with Crippen LogP contribution in [0.25, 0.3) is 0 Å². The first-order valence-corrected chi connectivity index (χ1v) is 9.15. The van der Waals surface area contributed by atoms with E-state index in [4.69, 9.17) is 9.47 Å². The molecule has 0 radical (unpaired) electrons. The molecule has 2 unspecified atom stereocenters. The van der Waals surface area contributed by atoms with E-state index >= 15 is 0 Å². The first-order chi connectivity index (χ1) is 10.4. The lowest BCUT2D eigenvalue weighted by Gasteiger charge is -2.38. The molecule has 0 aromatic heterocycles. The zero-order valence-electron chi connectivity index (χ0n) is 12.6. The molecule has 2 aliphatic rings. The molecule has 2 atom stereocenters. The molecule has 0 amide bonds. The fraction of sp³-hybridized carbons (Fsp3) is 0.647. The van der Waals surface area contributed by atoms with Gasteiger partial charge in [0.05, 0.1) is 12.2 Å². The summed E-state index contributed by atoms with van der Waals surface area (Å²) >= 11 is 2.04. The summed E-state index contributed by atoms with van der Waals surface area (Å²) in [4.78, 5) is 0. The van der Waals surface area contributed by atoms with Crippen molar-refractivity contribution in [1.29, 1.82) is 0 Å². The molecule has 1 spiro atoms. The summed E-state index contributed by atoms with van der Waals surface area (Å²) in [5.74, 6) is 3.41. The van der Waals surface area contributed by atoms with Crippen LogP contribution in [-0.2, 0) is 4.74 Å². The van der Waals surface area contributed by atoms with Crippen LogP contribution in [0.3, 0.4) is 0 Å². The van der Waals surface area contributed by atoms with Gasteiger partial charge in [0.15, 0.2) is 0 Å². The van der Waals surface area contributed by atoms with Crippen molar-refractivity contribution in [3.05, 3.63) is 30.3 Å². The van der Waals surface area contributed by atoms with Crippen molar-refractivity contribution in [2.75, 3.05) is 31.3 Å². The summed E-state index contributed by atoms with van der Waals surface area (Å²) < 4.78 is 11.8. The van der Waals surface area contributed by atoms with E-state index in [9.17, 15) is 0 Å². The van der Waals surface area contributed by atoms with Crippen LogP contribution in [0.2, 0.25) is 0 Å². The number of rotatable bonds is 6. The minimum atomic E-state index is 0.182. The van der Waals surface area contributed by atoms with Gasteiger partial charge in [0, 0.05) is 18.4 Å². The van der Waals surface area contributed by atoms with E-state index < -0.39 is 0 Å². The molecule has 4 heteroatoms. The second-order valence-electron chi connectivity index (χ2n) is 5.99. The molecule has 0 bridgehead atoms. The molecule has 1 aromatic rings. The van der Waals surface area contributed by atoms with Gasteiger partial charge < -0.3 is 14.8 Å². The van der Waals surface area contributed by atoms with Crippen molar-refractivity contribution >= 4 is 11.8 Å². The molecule has 2 saturated heterocycles. The van der Waals surface area contributed by atoms with E-state index in [1.165, 1.54) is 24.3 Å². The zero-order valence-corrected chi connectivity index (χ0v) is 13.4. The van der Waals surface area contributed by atoms with E-state index in [2.05, 4.69) is 5.32 Å². The van der Waals surface area contributed by atoms with E-state index in [0.717, 1.165) is 38.3 Å².